The first-order chi connectivity index (χ1) is 12.1. The smallest absolute Gasteiger partial charge is 0.211 e. The van der Waals surface area contributed by atoms with E-state index in [1.165, 1.54) is 5.57 Å². The molecular formula is C21H28N2O2. The fourth-order valence-corrected chi connectivity index (χ4v) is 3.06. The lowest BCUT2D eigenvalue weighted by molar-refractivity contribution is -0.120. The van der Waals surface area contributed by atoms with Gasteiger partial charge in [0.1, 0.15) is 0 Å². The zero-order chi connectivity index (χ0) is 18.1. The quantitative estimate of drug-likeness (QED) is 0.656. The highest BCUT2D eigenvalue weighted by molar-refractivity contribution is 5.71. The average Bonchev–Trinajstić information content (AvgIpc) is 2.62. The van der Waals surface area contributed by atoms with Gasteiger partial charge in [-0.3, -0.25) is 9.59 Å². The van der Waals surface area contributed by atoms with Crippen LogP contribution in [0, 0.1) is 5.92 Å². The second-order valence-corrected chi connectivity index (χ2v) is 6.81. The normalized spacial score (nSPS) is 17.5. The molecule has 25 heavy (non-hydrogen) atoms. The lowest BCUT2D eigenvalue weighted by atomic mass is 9.96. The van der Waals surface area contributed by atoms with E-state index in [2.05, 4.69) is 37.4 Å². The molecule has 2 amide bonds. The van der Waals surface area contributed by atoms with Gasteiger partial charge in [-0.1, -0.05) is 42.9 Å². The summed E-state index contributed by atoms with van der Waals surface area (Å²) < 4.78 is 0. The summed E-state index contributed by atoms with van der Waals surface area (Å²) in [5.74, 6) is 0.642. The van der Waals surface area contributed by atoms with Gasteiger partial charge in [-0.15, -0.1) is 0 Å². The van der Waals surface area contributed by atoms with Crippen molar-refractivity contribution in [1.29, 1.82) is 0 Å². The number of hydrogen-bond acceptors (Lipinski definition) is 2. The molecule has 0 aliphatic heterocycles. The van der Waals surface area contributed by atoms with Gasteiger partial charge in [0.05, 0.1) is 0 Å². The summed E-state index contributed by atoms with van der Waals surface area (Å²) in [6.45, 7) is 5.07. The van der Waals surface area contributed by atoms with Crippen molar-refractivity contribution in [3.63, 3.8) is 0 Å². The summed E-state index contributed by atoms with van der Waals surface area (Å²) in [7, 11) is 0. The molecule has 2 unspecified atom stereocenters. The number of rotatable bonds is 10. The van der Waals surface area contributed by atoms with Crippen LogP contribution in [0.1, 0.15) is 38.7 Å². The van der Waals surface area contributed by atoms with E-state index in [0.717, 1.165) is 49.9 Å². The summed E-state index contributed by atoms with van der Waals surface area (Å²) in [6, 6.07) is 7.89. The topological polar surface area (TPSA) is 49.4 Å². The molecule has 0 spiro atoms. The maximum absolute atomic E-state index is 11.4. The maximum Gasteiger partial charge on any atom is 0.211 e. The summed E-state index contributed by atoms with van der Waals surface area (Å²) in [5.41, 5.74) is 3.32. The molecule has 0 saturated carbocycles. The van der Waals surface area contributed by atoms with Gasteiger partial charge < -0.3 is 10.2 Å². The van der Waals surface area contributed by atoms with Gasteiger partial charge >= 0.3 is 0 Å². The third-order valence-corrected chi connectivity index (χ3v) is 4.68. The van der Waals surface area contributed by atoms with Crippen LogP contribution < -0.4 is 5.32 Å². The van der Waals surface area contributed by atoms with Crippen LogP contribution in [0.2, 0.25) is 0 Å². The van der Waals surface area contributed by atoms with E-state index in [4.69, 9.17) is 0 Å². The number of allylic oxidation sites excluding steroid dienone is 4. The molecule has 1 aliphatic rings. The SMILES string of the molecule is CC1C=CC(CCCN(C=O)C(C)Cc2ccc(NC=O)cc2)=CC1. The first-order valence-electron chi connectivity index (χ1n) is 8.99. The number of benzene rings is 1. The second-order valence-electron chi connectivity index (χ2n) is 6.81. The molecule has 0 heterocycles. The lowest BCUT2D eigenvalue weighted by Crippen LogP contribution is -2.34. The van der Waals surface area contributed by atoms with Crippen LogP contribution in [-0.2, 0) is 16.0 Å². The number of carbonyl (C=O) groups excluding carboxylic acids is 2. The van der Waals surface area contributed by atoms with Crippen molar-refractivity contribution in [3.8, 4) is 0 Å². The maximum atomic E-state index is 11.4. The number of amides is 2. The third kappa shape index (κ3) is 6.22. The van der Waals surface area contributed by atoms with Crippen LogP contribution in [0.3, 0.4) is 0 Å². The number of hydrogen-bond donors (Lipinski definition) is 1. The van der Waals surface area contributed by atoms with E-state index in [0.29, 0.717) is 12.3 Å². The molecule has 1 aliphatic carbocycles. The first kappa shape index (κ1) is 19.0. The number of nitrogens with one attached hydrogen (secondary N) is 1. The third-order valence-electron chi connectivity index (χ3n) is 4.68. The molecule has 2 atom stereocenters. The predicted molar refractivity (Wildman–Crippen MR) is 102 cm³/mol. The molecule has 1 N–H and O–H groups in total. The molecule has 0 bridgehead atoms. The van der Waals surface area contributed by atoms with Crippen molar-refractivity contribution in [3.05, 3.63) is 53.6 Å². The van der Waals surface area contributed by atoms with E-state index >= 15 is 0 Å². The Kier molecular flexibility index (Phi) is 7.45. The summed E-state index contributed by atoms with van der Waals surface area (Å²) in [6.07, 6.45) is 12.4. The van der Waals surface area contributed by atoms with Crippen molar-refractivity contribution in [2.24, 2.45) is 5.92 Å². The van der Waals surface area contributed by atoms with E-state index in [9.17, 15) is 9.59 Å². The molecule has 2 rings (SSSR count). The number of carbonyl (C=O) groups is 2. The van der Waals surface area contributed by atoms with Gasteiger partial charge in [-0.2, -0.15) is 0 Å². The van der Waals surface area contributed by atoms with Crippen LogP contribution in [0.5, 0.6) is 0 Å². The summed E-state index contributed by atoms with van der Waals surface area (Å²) >= 11 is 0. The van der Waals surface area contributed by atoms with Crippen LogP contribution in [0.4, 0.5) is 5.69 Å². The Balaban J connectivity index is 1.79. The van der Waals surface area contributed by atoms with Gasteiger partial charge in [0.2, 0.25) is 12.8 Å². The minimum atomic E-state index is 0.151. The molecule has 4 heteroatoms. The van der Waals surface area contributed by atoms with Gasteiger partial charge in [0.15, 0.2) is 0 Å². The first-order valence-corrected chi connectivity index (χ1v) is 8.99. The molecule has 134 valence electrons. The Labute approximate surface area is 150 Å². The van der Waals surface area contributed by atoms with Crippen LogP contribution in [-0.4, -0.2) is 30.3 Å². The summed E-state index contributed by atoms with van der Waals surface area (Å²) in [5, 5.41) is 2.63. The van der Waals surface area contributed by atoms with Crippen LogP contribution in [0.15, 0.2) is 48.1 Å². The predicted octanol–water partition coefficient (Wildman–Crippen LogP) is 3.95. The van der Waals surface area contributed by atoms with Crippen molar-refractivity contribution in [1.82, 2.24) is 4.90 Å². The van der Waals surface area contributed by atoms with Crippen molar-refractivity contribution in [2.45, 2.75) is 45.6 Å². The average molecular weight is 340 g/mol. The number of nitrogens with zero attached hydrogens (tertiary/aromatic N) is 1. The molecule has 0 aromatic heterocycles. The minimum Gasteiger partial charge on any atom is -0.342 e. The summed E-state index contributed by atoms with van der Waals surface area (Å²) in [4.78, 5) is 23.8. The number of anilines is 1. The van der Waals surface area contributed by atoms with Gasteiger partial charge in [0.25, 0.3) is 0 Å². The fourth-order valence-electron chi connectivity index (χ4n) is 3.06. The molecule has 0 fully saturated rings. The van der Waals surface area contributed by atoms with Crippen LogP contribution >= 0.6 is 0 Å². The second kappa shape index (κ2) is 9.82. The zero-order valence-corrected chi connectivity index (χ0v) is 15.2. The standard InChI is InChI=1S/C21H28N2O2/c1-17-5-7-19(8-6-17)4-3-13-23(16-25)18(2)14-20-9-11-21(12-10-20)22-15-24/h5,7-12,15-18H,3-4,6,13-14H2,1-2H3,(H,22,24). The highest BCUT2D eigenvalue weighted by atomic mass is 16.1. The molecule has 1 aromatic carbocycles. The Hall–Kier alpha value is -2.36. The van der Waals surface area contributed by atoms with Crippen molar-refractivity contribution in [2.75, 3.05) is 11.9 Å². The largest absolute Gasteiger partial charge is 0.342 e. The highest BCUT2D eigenvalue weighted by Gasteiger charge is 2.13. The van der Waals surface area contributed by atoms with Gasteiger partial charge in [-0.25, -0.2) is 0 Å². The van der Waals surface area contributed by atoms with Crippen molar-refractivity contribution >= 4 is 18.5 Å². The minimum absolute atomic E-state index is 0.151. The van der Waals surface area contributed by atoms with Crippen LogP contribution in [0.25, 0.3) is 0 Å². The van der Waals surface area contributed by atoms with E-state index in [-0.39, 0.29) is 6.04 Å². The fraction of sp³-hybridized carbons (Fsp3) is 0.429. The monoisotopic (exact) mass is 340 g/mol. The molecule has 0 saturated heterocycles. The van der Waals surface area contributed by atoms with Gasteiger partial charge in [0, 0.05) is 18.3 Å². The zero-order valence-electron chi connectivity index (χ0n) is 15.2. The van der Waals surface area contributed by atoms with Crippen molar-refractivity contribution < 1.29 is 9.59 Å². The Morgan fingerprint density at radius 3 is 2.64 bits per heavy atom. The van der Waals surface area contributed by atoms with E-state index in [1.807, 2.05) is 29.2 Å². The molecule has 0 radical (unpaired) electrons. The molecule has 4 nitrogen and oxygen atoms in total. The van der Waals surface area contributed by atoms with E-state index in [1.54, 1.807) is 0 Å². The van der Waals surface area contributed by atoms with Gasteiger partial charge in [-0.05, 0) is 56.2 Å². The highest BCUT2D eigenvalue weighted by Crippen LogP contribution is 2.19. The Bertz CT molecular complexity index is 619. The molecule has 1 aromatic rings. The lowest BCUT2D eigenvalue weighted by Gasteiger charge is -2.25. The Morgan fingerprint density at radius 2 is 2.04 bits per heavy atom. The Morgan fingerprint density at radius 1 is 1.28 bits per heavy atom. The van der Waals surface area contributed by atoms with E-state index < -0.39 is 0 Å². The molecular weight excluding hydrogens is 312 g/mol.